The molecule has 1 atom stereocenters. The Bertz CT molecular complexity index is 66.1. The number of hydrogen-bond acceptors (Lipinski definition) is 1. The molecule has 0 aliphatic carbocycles. The predicted molar refractivity (Wildman–Crippen MR) is 25.1 cm³/mol. The van der Waals surface area contributed by atoms with E-state index < -0.39 is 5.13 Å². The van der Waals surface area contributed by atoms with Crippen molar-refractivity contribution in [2.75, 3.05) is 13.2 Å². The maximum absolute atomic E-state index is 12.3. The van der Waals surface area contributed by atoms with Crippen molar-refractivity contribution in [3.8, 4) is 0 Å². The Kier molecular flexibility index (Phi) is 1.22. The molecule has 0 amide bonds. The summed E-state index contributed by atoms with van der Waals surface area (Å²) < 4.78 is 16.9. The van der Waals surface area contributed by atoms with Crippen molar-refractivity contribution in [2.45, 2.75) is 11.5 Å². The summed E-state index contributed by atoms with van der Waals surface area (Å²) in [6.45, 7) is 0.508. The lowest BCUT2D eigenvalue weighted by Gasteiger charge is -2.02. The molecule has 0 aromatic rings. The van der Waals surface area contributed by atoms with Gasteiger partial charge in [0.2, 0.25) is 5.13 Å². The van der Waals surface area contributed by atoms with Crippen molar-refractivity contribution in [2.24, 2.45) is 0 Å². The maximum atomic E-state index is 12.3. The number of halogens is 2. The number of alkyl halides is 2. The smallest absolute Gasteiger partial charge is 0.208 e. The molecule has 0 bridgehead atoms. The SMILES string of the molecule is FC1(Cl)CCOC1. The Labute approximate surface area is 46.4 Å². The first-order valence-electron chi connectivity index (χ1n) is 2.16. The van der Waals surface area contributed by atoms with Crippen LogP contribution in [0.15, 0.2) is 0 Å². The Balaban J connectivity index is 2.40. The molecule has 0 spiro atoms. The van der Waals surface area contributed by atoms with Gasteiger partial charge in [0.1, 0.15) is 0 Å². The molecule has 1 fully saturated rings. The zero-order valence-electron chi connectivity index (χ0n) is 3.79. The van der Waals surface area contributed by atoms with E-state index in [1.54, 1.807) is 0 Å². The van der Waals surface area contributed by atoms with Gasteiger partial charge in [-0.1, -0.05) is 11.6 Å². The molecular formula is C4H6ClFO. The second kappa shape index (κ2) is 1.60. The number of hydrogen-bond donors (Lipinski definition) is 0. The normalized spacial score (nSPS) is 42.0. The van der Waals surface area contributed by atoms with E-state index in [-0.39, 0.29) is 6.61 Å². The second-order valence-corrected chi connectivity index (χ2v) is 2.34. The molecule has 0 N–H and O–H groups in total. The molecule has 1 rings (SSSR count). The quantitative estimate of drug-likeness (QED) is 0.443. The van der Waals surface area contributed by atoms with Gasteiger partial charge in [0.15, 0.2) is 0 Å². The zero-order valence-corrected chi connectivity index (χ0v) is 4.54. The second-order valence-electron chi connectivity index (χ2n) is 1.66. The van der Waals surface area contributed by atoms with Crippen LogP contribution in [0.2, 0.25) is 0 Å². The van der Waals surface area contributed by atoms with Crippen LogP contribution in [0, 0.1) is 0 Å². The molecule has 0 saturated carbocycles. The highest BCUT2D eigenvalue weighted by Crippen LogP contribution is 2.26. The molecular weight excluding hydrogens is 118 g/mol. The van der Waals surface area contributed by atoms with Crippen LogP contribution in [0.5, 0.6) is 0 Å². The molecule has 1 nitrogen and oxygen atoms in total. The molecule has 1 unspecified atom stereocenters. The summed E-state index contributed by atoms with van der Waals surface area (Å²) in [7, 11) is 0. The standard InChI is InChI=1S/C4H6ClFO/c5-4(6)1-2-7-3-4/h1-3H2. The van der Waals surface area contributed by atoms with Crippen molar-refractivity contribution >= 4 is 11.6 Å². The first-order valence-corrected chi connectivity index (χ1v) is 2.54. The van der Waals surface area contributed by atoms with Gasteiger partial charge in [-0.3, -0.25) is 0 Å². The summed E-state index contributed by atoms with van der Waals surface area (Å²) in [6.07, 6.45) is 0.328. The summed E-state index contributed by atoms with van der Waals surface area (Å²) >= 11 is 5.18. The Hall–Kier alpha value is 0.180. The van der Waals surface area contributed by atoms with Crippen LogP contribution in [0.25, 0.3) is 0 Å². The zero-order chi connectivity index (χ0) is 5.33. The molecule has 7 heavy (non-hydrogen) atoms. The first kappa shape index (κ1) is 5.32. The van der Waals surface area contributed by atoms with Crippen molar-refractivity contribution in [3.63, 3.8) is 0 Å². The molecule has 0 aromatic heterocycles. The average molecular weight is 125 g/mol. The summed E-state index contributed by atoms with van der Waals surface area (Å²) in [6, 6.07) is 0. The van der Waals surface area contributed by atoms with E-state index in [4.69, 9.17) is 11.6 Å². The minimum absolute atomic E-state index is 0.0502. The summed E-state index contributed by atoms with van der Waals surface area (Å²) in [5, 5.41) is -1.56. The molecule has 0 radical (unpaired) electrons. The predicted octanol–water partition coefficient (Wildman–Crippen LogP) is 1.31. The van der Waals surface area contributed by atoms with Crippen LogP contribution >= 0.6 is 11.6 Å². The van der Waals surface area contributed by atoms with E-state index in [0.717, 1.165) is 0 Å². The molecule has 1 aliphatic rings. The van der Waals surface area contributed by atoms with Crippen LogP contribution in [-0.2, 0) is 4.74 Å². The Morgan fingerprint density at radius 2 is 2.43 bits per heavy atom. The molecule has 42 valence electrons. The van der Waals surface area contributed by atoms with Crippen LogP contribution in [0.3, 0.4) is 0 Å². The van der Waals surface area contributed by atoms with E-state index in [1.165, 1.54) is 0 Å². The van der Waals surface area contributed by atoms with Gasteiger partial charge >= 0.3 is 0 Å². The average Bonchev–Trinajstić information content (AvgIpc) is 1.84. The van der Waals surface area contributed by atoms with Gasteiger partial charge in [-0.05, 0) is 0 Å². The third kappa shape index (κ3) is 1.28. The monoisotopic (exact) mass is 124 g/mol. The van der Waals surface area contributed by atoms with E-state index in [9.17, 15) is 4.39 Å². The van der Waals surface area contributed by atoms with Crippen LogP contribution < -0.4 is 0 Å². The number of ether oxygens (including phenoxy) is 1. The highest BCUT2D eigenvalue weighted by molar-refractivity contribution is 6.23. The Morgan fingerprint density at radius 3 is 2.57 bits per heavy atom. The summed E-state index contributed by atoms with van der Waals surface area (Å²) in [4.78, 5) is 0. The van der Waals surface area contributed by atoms with Gasteiger partial charge in [0.05, 0.1) is 13.2 Å². The molecule has 0 aromatic carbocycles. The molecule has 3 heteroatoms. The van der Waals surface area contributed by atoms with Crippen molar-refractivity contribution in [3.05, 3.63) is 0 Å². The lowest BCUT2D eigenvalue weighted by atomic mass is 10.3. The van der Waals surface area contributed by atoms with Crippen molar-refractivity contribution < 1.29 is 9.13 Å². The first-order chi connectivity index (χ1) is 3.21. The van der Waals surface area contributed by atoms with E-state index in [1.807, 2.05) is 0 Å². The van der Waals surface area contributed by atoms with Gasteiger partial charge in [-0.25, -0.2) is 4.39 Å². The van der Waals surface area contributed by atoms with Gasteiger partial charge in [-0.15, -0.1) is 0 Å². The lowest BCUT2D eigenvalue weighted by Crippen LogP contribution is -2.11. The lowest BCUT2D eigenvalue weighted by molar-refractivity contribution is 0.159. The third-order valence-corrected chi connectivity index (χ3v) is 1.22. The highest BCUT2D eigenvalue weighted by Gasteiger charge is 2.31. The molecule has 1 heterocycles. The Morgan fingerprint density at radius 1 is 1.71 bits per heavy atom. The fourth-order valence-corrected chi connectivity index (χ4v) is 0.669. The highest BCUT2D eigenvalue weighted by atomic mass is 35.5. The largest absolute Gasteiger partial charge is 0.377 e. The fraction of sp³-hybridized carbons (Fsp3) is 1.00. The summed E-state index contributed by atoms with van der Waals surface area (Å²) in [5.74, 6) is 0. The third-order valence-electron chi connectivity index (χ3n) is 0.925. The van der Waals surface area contributed by atoms with Crippen molar-refractivity contribution in [1.82, 2.24) is 0 Å². The molecule has 1 saturated heterocycles. The molecule has 1 aliphatic heterocycles. The van der Waals surface area contributed by atoms with E-state index in [0.29, 0.717) is 13.0 Å². The van der Waals surface area contributed by atoms with Gasteiger partial charge in [-0.2, -0.15) is 0 Å². The van der Waals surface area contributed by atoms with E-state index >= 15 is 0 Å². The van der Waals surface area contributed by atoms with Gasteiger partial charge in [0.25, 0.3) is 0 Å². The summed E-state index contributed by atoms with van der Waals surface area (Å²) in [5.41, 5.74) is 0. The van der Waals surface area contributed by atoms with Crippen LogP contribution in [0.1, 0.15) is 6.42 Å². The maximum Gasteiger partial charge on any atom is 0.208 e. The van der Waals surface area contributed by atoms with Crippen LogP contribution in [0.4, 0.5) is 4.39 Å². The van der Waals surface area contributed by atoms with Crippen LogP contribution in [-0.4, -0.2) is 18.3 Å². The van der Waals surface area contributed by atoms with Gasteiger partial charge in [0, 0.05) is 6.42 Å². The van der Waals surface area contributed by atoms with E-state index in [2.05, 4.69) is 4.74 Å². The van der Waals surface area contributed by atoms with Crippen molar-refractivity contribution in [1.29, 1.82) is 0 Å². The minimum atomic E-state index is -1.56. The fourth-order valence-electron chi connectivity index (χ4n) is 0.515. The minimum Gasteiger partial charge on any atom is -0.377 e. The topological polar surface area (TPSA) is 9.23 Å². The number of rotatable bonds is 0. The van der Waals surface area contributed by atoms with Gasteiger partial charge < -0.3 is 4.74 Å².